The number of halogens is 1. The minimum Gasteiger partial charge on any atom is -0.475 e. The predicted octanol–water partition coefficient (Wildman–Crippen LogP) is 2.85. The summed E-state index contributed by atoms with van der Waals surface area (Å²) in [6, 6.07) is 8.23. The highest BCUT2D eigenvalue weighted by molar-refractivity contribution is 5.83. The molecule has 1 aromatic heterocycles. The summed E-state index contributed by atoms with van der Waals surface area (Å²) in [7, 11) is 0. The molecule has 0 unspecified atom stereocenters. The lowest BCUT2D eigenvalue weighted by atomic mass is 9.64. The fraction of sp³-hybridized carbons (Fsp3) is 0.312. The van der Waals surface area contributed by atoms with Crippen molar-refractivity contribution < 1.29 is 14.3 Å². The zero-order valence-corrected chi connectivity index (χ0v) is 11.9. The molecule has 1 aliphatic rings. The van der Waals surface area contributed by atoms with Crippen molar-refractivity contribution in [2.45, 2.75) is 24.7 Å². The van der Waals surface area contributed by atoms with Gasteiger partial charge in [-0.05, 0) is 36.6 Å². The lowest BCUT2D eigenvalue weighted by molar-refractivity contribution is 0.0683. The van der Waals surface area contributed by atoms with Crippen LogP contribution in [0.3, 0.4) is 0 Å². The van der Waals surface area contributed by atoms with Gasteiger partial charge >= 0.3 is 5.97 Å². The molecule has 2 aromatic rings. The van der Waals surface area contributed by atoms with Crippen molar-refractivity contribution in [3.05, 3.63) is 53.7 Å². The zero-order valence-electron chi connectivity index (χ0n) is 11.9. The normalized spacial score (nSPS) is 15.9. The van der Waals surface area contributed by atoms with Crippen LogP contribution in [0.2, 0.25) is 0 Å². The van der Waals surface area contributed by atoms with Crippen molar-refractivity contribution in [2.75, 3.05) is 11.9 Å². The molecule has 0 bridgehead atoms. The van der Waals surface area contributed by atoms with Crippen LogP contribution in [0, 0.1) is 5.82 Å². The Hall–Kier alpha value is -2.50. The van der Waals surface area contributed by atoms with Crippen molar-refractivity contribution in [1.29, 1.82) is 0 Å². The minimum absolute atomic E-state index is 0.0396. The van der Waals surface area contributed by atoms with Crippen LogP contribution in [0.1, 0.15) is 35.4 Å². The molecule has 0 amide bonds. The quantitative estimate of drug-likeness (QED) is 0.888. The van der Waals surface area contributed by atoms with Crippen molar-refractivity contribution in [3.8, 4) is 0 Å². The third-order valence-corrected chi connectivity index (χ3v) is 4.22. The van der Waals surface area contributed by atoms with Gasteiger partial charge in [0.05, 0.1) is 0 Å². The third-order valence-electron chi connectivity index (χ3n) is 4.22. The topological polar surface area (TPSA) is 75.1 Å². The Balaban J connectivity index is 1.75. The number of nitrogens with zero attached hydrogens (tertiary/aromatic N) is 2. The highest BCUT2D eigenvalue weighted by atomic mass is 19.1. The van der Waals surface area contributed by atoms with E-state index in [1.54, 1.807) is 6.07 Å². The second-order valence-corrected chi connectivity index (χ2v) is 5.56. The number of carboxylic acid groups (broad SMARTS) is 1. The monoisotopic (exact) mass is 301 g/mol. The van der Waals surface area contributed by atoms with Gasteiger partial charge in [0.2, 0.25) is 5.82 Å². The average molecular weight is 301 g/mol. The maximum Gasteiger partial charge on any atom is 0.374 e. The predicted molar refractivity (Wildman–Crippen MR) is 79.4 cm³/mol. The molecule has 3 rings (SSSR count). The van der Waals surface area contributed by atoms with Crippen LogP contribution in [0.4, 0.5) is 10.2 Å². The van der Waals surface area contributed by atoms with Crippen molar-refractivity contribution >= 4 is 11.8 Å². The number of hydrogen-bond donors (Lipinski definition) is 2. The first-order valence-electron chi connectivity index (χ1n) is 7.15. The van der Waals surface area contributed by atoms with Gasteiger partial charge in [-0.3, -0.25) is 0 Å². The van der Waals surface area contributed by atoms with E-state index in [-0.39, 0.29) is 17.1 Å². The summed E-state index contributed by atoms with van der Waals surface area (Å²) >= 11 is 0. The molecule has 1 saturated carbocycles. The molecule has 0 radical (unpaired) electrons. The van der Waals surface area contributed by atoms with Crippen LogP contribution >= 0.6 is 0 Å². The lowest BCUT2D eigenvalue weighted by Gasteiger charge is -2.42. The van der Waals surface area contributed by atoms with Crippen molar-refractivity contribution in [2.24, 2.45) is 0 Å². The van der Waals surface area contributed by atoms with Gasteiger partial charge in [-0.2, -0.15) is 0 Å². The van der Waals surface area contributed by atoms with E-state index >= 15 is 0 Å². The van der Waals surface area contributed by atoms with Crippen molar-refractivity contribution in [1.82, 2.24) is 9.97 Å². The molecule has 0 spiro atoms. The summed E-state index contributed by atoms with van der Waals surface area (Å²) in [5.74, 6) is -1.14. The van der Waals surface area contributed by atoms with Gasteiger partial charge in [0.1, 0.15) is 11.6 Å². The van der Waals surface area contributed by atoms with Crippen LogP contribution in [-0.4, -0.2) is 27.6 Å². The van der Waals surface area contributed by atoms with E-state index in [0.29, 0.717) is 12.4 Å². The molecule has 114 valence electrons. The SMILES string of the molecule is O=C(O)c1nccc(NCC2(c3ccc(F)cc3)CCC2)n1. The number of hydrogen-bond acceptors (Lipinski definition) is 4. The Kier molecular flexibility index (Phi) is 3.75. The first kappa shape index (κ1) is 14.4. The van der Waals surface area contributed by atoms with Gasteiger partial charge in [0, 0.05) is 18.2 Å². The number of aromatic carboxylic acids is 1. The minimum atomic E-state index is -1.15. The smallest absolute Gasteiger partial charge is 0.374 e. The second kappa shape index (κ2) is 5.71. The van der Waals surface area contributed by atoms with Crippen LogP contribution in [0.5, 0.6) is 0 Å². The Morgan fingerprint density at radius 2 is 2.00 bits per heavy atom. The first-order chi connectivity index (χ1) is 10.6. The summed E-state index contributed by atoms with van der Waals surface area (Å²) in [5.41, 5.74) is 1.06. The number of carboxylic acids is 1. The van der Waals surface area contributed by atoms with E-state index in [1.807, 2.05) is 12.1 Å². The fourth-order valence-electron chi connectivity index (χ4n) is 2.79. The van der Waals surface area contributed by atoms with Gasteiger partial charge < -0.3 is 10.4 Å². The molecule has 0 saturated heterocycles. The Morgan fingerprint density at radius 3 is 2.59 bits per heavy atom. The third kappa shape index (κ3) is 2.77. The highest BCUT2D eigenvalue weighted by Crippen LogP contribution is 2.43. The van der Waals surface area contributed by atoms with E-state index in [4.69, 9.17) is 5.11 Å². The summed E-state index contributed by atoms with van der Waals surface area (Å²) < 4.78 is 13.1. The van der Waals surface area contributed by atoms with Crippen LogP contribution in [0.25, 0.3) is 0 Å². The van der Waals surface area contributed by atoms with E-state index in [1.165, 1.54) is 18.3 Å². The van der Waals surface area contributed by atoms with E-state index in [2.05, 4.69) is 15.3 Å². The van der Waals surface area contributed by atoms with Crippen LogP contribution in [-0.2, 0) is 5.41 Å². The Labute approximate surface area is 127 Å². The van der Waals surface area contributed by atoms with E-state index in [9.17, 15) is 9.18 Å². The largest absolute Gasteiger partial charge is 0.475 e. The summed E-state index contributed by atoms with van der Waals surface area (Å²) in [6.45, 7) is 0.634. The first-order valence-corrected chi connectivity index (χ1v) is 7.15. The molecule has 22 heavy (non-hydrogen) atoms. The molecule has 1 aliphatic carbocycles. The maximum atomic E-state index is 13.1. The Bertz CT molecular complexity index is 684. The Morgan fingerprint density at radius 1 is 1.27 bits per heavy atom. The average Bonchev–Trinajstić information content (AvgIpc) is 2.48. The van der Waals surface area contributed by atoms with Crippen molar-refractivity contribution in [3.63, 3.8) is 0 Å². The molecule has 0 aliphatic heterocycles. The molecule has 1 aromatic carbocycles. The lowest BCUT2D eigenvalue weighted by Crippen LogP contribution is -2.41. The molecule has 6 heteroatoms. The molecule has 1 heterocycles. The van der Waals surface area contributed by atoms with Crippen LogP contribution in [0.15, 0.2) is 36.5 Å². The van der Waals surface area contributed by atoms with Gasteiger partial charge in [0.25, 0.3) is 0 Å². The second-order valence-electron chi connectivity index (χ2n) is 5.56. The van der Waals surface area contributed by atoms with E-state index in [0.717, 1.165) is 24.8 Å². The number of nitrogens with one attached hydrogen (secondary N) is 1. The molecular weight excluding hydrogens is 285 g/mol. The standard InChI is InChI=1S/C16H16FN3O2/c17-12-4-2-11(3-5-12)16(7-1-8-16)10-19-13-6-9-18-14(20-13)15(21)22/h2-6,9H,1,7-8,10H2,(H,21,22)(H,18,19,20). The summed E-state index contributed by atoms with van der Waals surface area (Å²) in [6.07, 6.45) is 4.58. The number of carbonyl (C=O) groups is 1. The number of benzene rings is 1. The molecule has 1 fully saturated rings. The maximum absolute atomic E-state index is 13.1. The molecule has 2 N–H and O–H groups in total. The number of rotatable bonds is 5. The van der Waals surface area contributed by atoms with Crippen LogP contribution < -0.4 is 5.32 Å². The summed E-state index contributed by atoms with van der Waals surface area (Å²) in [5, 5.41) is 12.1. The van der Waals surface area contributed by atoms with Gasteiger partial charge in [0.15, 0.2) is 0 Å². The molecular formula is C16H16FN3O2. The summed E-state index contributed by atoms with van der Waals surface area (Å²) in [4.78, 5) is 18.5. The number of anilines is 1. The van der Waals surface area contributed by atoms with Gasteiger partial charge in [-0.1, -0.05) is 18.6 Å². The molecule has 0 atom stereocenters. The van der Waals surface area contributed by atoms with E-state index < -0.39 is 5.97 Å². The fourth-order valence-corrected chi connectivity index (χ4v) is 2.79. The van der Waals surface area contributed by atoms with Gasteiger partial charge in [-0.25, -0.2) is 19.2 Å². The van der Waals surface area contributed by atoms with Gasteiger partial charge in [-0.15, -0.1) is 0 Å². The molecule has 5 nitrogen and oxygen atoms in total. The number of aromatic nitrogens is 2. The highest BCUT2D eigenvalue weighted by Gasteiger charge is 2.38. The zero-order chi connectivity index (χ0) is 15.6.